The van der Waals surface area contributed by atoms with Crippen LogP contribution in [0.1, 0.15) is 11.1 Å². The quantitative estimate of drug-likeness (QED) is 0.360. The van der Waals surface area contributed by atoms with Crippen molar-refractivity contribution in [3.8, 4) is 5.75 Å². The fourth-order valence-corrected chi connectivity index (χ4v) is 2.45. The maximum Gasteiger partial charge on any atom is 0.363 e. The van der Waals surface area contributed by atoms with Gasteiger partial charge in [0.15, 0.2) is 11.4 Å². The molecule has 0 fully saturated rings. The summed E-state index contributed by atoms with van der Waals surface area (Å²) in [5, 5.41) is 11.6. The highest BCUT2D eigenvalue weighted by molar-refractivity contribution is 6.30. The lowest BCUT2D eigenvalue weighted by Gasteiger charge is -2.03. The highest BCUT2D eigenvalue weighted by atomic mass is 35.5. The van der Waals surface area contributed by atoms with Crippen molar-refractivity contribution in [3.05, 3.63) is 74.4 Å². The van der Waals surface area contributed by atoms with E-state index >= 15 is 0 Å². The van der Waals surface area contributed by atoms with Crippen LogP contribution in [-0.2, 0) is 9.53 Å². The number of carbonyl (C=O) groups is 1. The average Bonchev–Trinajstić information content (AvgIpc) is 2.95. The zero-order chi connectivity index (χ0) is 18.0. The minimum Gasteiger partial charge on any atom is -0.490 e. The van der Waals surface area contributed by atoms with Gasteiger partial charge in [0.1, 0.15) is 0 Å². The third kappa shape index (κ3) is 3.51. The first-order chi connectivity index (χ1) is 12.0. The maximum atomic E-state index is 12.0. The summed E-state index contributed by atoms with van der Waals surface area (Å²) >= 11 is 5.91. The number of hydrogen-bond acceptors (Lipinski definition) is 6. The fourth-order valence-electron chi connectivity index (χ4n) is 2.25. The zero-order valence-electron chi connectivity index (χ0n) is 12.9. The second-order valence-electron chi connectivity index (χ2n) is 5.03. The van der Waals surface area contributed by atoms with E-state index in [1.807, 2.05) is 0 Å². The first kappa shape index (κ1) is 16.7. The van der Waals surface area contributed by atoms with Gasteiger partial charge in [-0.1, -0.05) is 23.7 Å². The fraction of sp³-hybridized carbons (Fsp3) is 0.0588. The van der Waals surface area contributed by atoms with Crippen LogP contribution in [0.15, 0.2) is 53.2 Å². The Morgan fingerprint density at radius 3 is 2.76 bits per heavy atom. The summed E-state index contributed by atoms with van der Waals surface area (Å²) in [6.45, 7) is 0. The number of halogens is 1. The smallest absolute Gasteiger partial charge is 0.363 e. The number of cyclic esters (lactones) is 1. The standard InChI is InChI=1S/C17H11ClN2O5/c1-24-15-6-5-11(9-14(15)20(22)23)16-19-13(17(21)25-16)8-10-3-2-4-12(18)7-10/h2-9H,1H3. The summed E-state index contributed by atoms with van der Waals surface area (Å²) in [6.07, 6.45) is 1.53. The van der Waals surface area contributed by atoms with Gasteiger partial charge in [0.25, 0.3) is 0 Å². The van der Waals surface area contributed by atoms with Crippen molar-refractivity contribution in [2.75, 3.05) is 7.11 Å². The molecule has 0 saturated heterocycles. The van der Waals surface area contributed by atoms with Gasteiger partial charge in [-0.15, -0.1) is 0 Å². The van der Waals surface area contributed by atoms with Crippen LogP contribution in [0.25, 0.3) is 6.08 Å². The molecule has 126 valence electrons. The molecule has 1 aliphatic rings. The highest BCUT2D eigenvalue weighted by Gasteiger charge is 2.26. The van der Waals surface area contributed by atoms with Crippen molar-refractivity contribution in [3.63, 3.8) is 0 Å². The van der Waals surface area contributed by atoms with E-state index in [1.165, 1.54) is 31.4 Å². The van der Waals surface area contributed by atoms with E-state index in [1.54, 1.807) is 24.3 Å². The van der Waals surface area contributed by atoms with E-state index in [-0.39, 0.29) is 23.0 Å². The summed E-state index contributed by atoms with van der Waals surface area (Å²) in [5.41, 5.74) is 0.822. The number of methoxy groups -OCH3 is 1. The Balaban J connectivity index is 1.98. The van der Waals surface area contributed by atoms with Crippen molar-refractivity contribution < 1.29 is 19.2 Å². The van der Waals surface area contributed by atoms with Gasteiger partial charge in [0.05, 0.1) is 12.0 Å². The topological polar surface area (TPSA) is 91.0 Å². The molecule has 25 heavy (non-hydrogen) atoms. The molecule has 0 N–H and O–H groups in total. The molecule has 0 bridgehead atoms. The van der Waals surface area contributed by atoms with Crippen LogP contribution in [0.3, 0.4) is 0 Å². The molecule has 0 saturated carbocycles. The Hall–Kier alpha value is -3.19. The van der Waals surface area contributed by atoms with E-state index < -0.39 is 10.9 Å². The van der Waals surface area contributed by atoms with Crippen molar-refractivity contribution in [2.45, 2.75) is 0 Å². The molecule has 7 nitrogen and oxygen atoms in total. The maximum absolute atomic E-state index is 12.0. The summed E-state index contributed by atoms with van der Waals surface area (Å²) in [4.78, 5) is 26.6. The molecule has 1 heterocycles. The van der Waals surface area contributed by atoms with Gasteiger partial charge in [0, 0.05) is 16.7 Å². The molecule has 1 aliphatic heterocycles. The van der Waals surface area contributed by atoms with Crippen molar-refractivity contribution in [2.24, 2.45) is 4.99 Å². The molecule has 0 aliphatic carbocycles. The van der Waals surface area contributed by atoms with Gasteiger partial charge in [-0.3, -0.25) is 10.1 Å². The number of benzene rings is 2. The summed E-state index contributed by atoms with van der Waals surface area (Å²) < 4.78 is 10.1. The Labute approximate surface area is 147 Å². The van der Waals surface area contributed by atoms with Crippen LogP contribution in [0, 0.1) is 10.1 Å². The highest BCUT2D eigenvalue weighted by Crippen LogP contribution is 2.29. The molecule has 2 aromatic carbocycles. The SMILES string of the molecule is COc1ccc(C2=NC(=Cc3cccc(Cl)c3)C(=O)O2)cc1[N+](=O)[O-]. The summed E-state index contributed by atoms with van der Waals surface area (Å²) in [6, 6.07) is 11.1. The Morgan fingerprint density at radius 2 is 2.08 bits per heavy atom. The summed E-state index contributed by atoms with van der Waals surface area (Å²) in [7, 11) is 1.33. The number of nitrogens with zero attached hydrogens (tertiary/aromatic N) is 2. The zero-order valence-corrected chi connectivity index (χ0v) is 13.7. The first-order valence-electron chi connectivity index (χ1n) is 7.09. The van der Waals surface area contributed by atoms with Crippen LogP contribution in [0.2, 0.25) is 5.02 Å². The van der Waals surface area contributed by atoms with Gasteiger partial charge in [-0.25, -0.2) is 9.79 Å². The Morgan fingerprint density at radius 1 is 1.28 bits per heavy atom. The van der Waals surface area contributed by atoms with E-state index in [9.17, 15) is 14.9 Å². The second kappa shape index (κ2) is 6.74. The van der Waals surface area contributed by atoms with Gasteiger partial charge < -0.3 is 9.47 Å². The normalized spacial score (nSPS) is 15.0. The lowest BCUT2D eigenvalue weighted by atomic mass is 10.2. The first-order valence-corrected chi connectivity index (χ1v) is 7.46. The molecule has 2 aromatic rings. The lowest BCUT2D eigenvalue weighted by Crippen LogP contribution is -2.06. The number of esters is 1. The average molecular weight is 359 g/mol. The third-order valence-electron chi connectivity index (χ3n) is 3.40. The number of nitro groups is 1. The largest absolute Gasteiger partial charge is 0.490 e. The van der Waals surface area contributed by atoms with Gasteiger partial charge >= 0.3 is 11.7 Å². The van der Waals surface area contributed by atoms with Crippen LogP contribution in [-0.4, -0.2) is 23.9 Å². The van der Waals surface area contributed by atoms with Crippen molar-refractivity contribution in [1.29, 1.82) is 0 Å². The van der Waals surface area contributed by atoms with Crippen LogP contribution < -0.4 is 4.74 Å². The molecule has 0 unspecified atom stereocenters. The second-order valence-corrected chi connectivity index (χ2v) is 5.47. The van der Waals surface area contributed by atoms with Gasteiger partial charge in [-0.2, -0.15) is 0 Å². The van der Waals surface area contributed by atoms with E-state index in [2.05, 4.69) is 4.99 Å². The predicted octanol–water partition coefficient (Wildman–Crippen LogP) is 3.60. The third-order valence-corrected chi connectivity index (χ3v) is 3.63. The molecule has 0 aromatic heterocycles. The molecular weight excluding hydrogens is 348 g/mol. The molecule has 3 rings (SSSR count). The van der Waals surface area contributed by atoms with E-state index in [4.69, 9.17) is 21.1 Å². The van der Waals surface area contributed by atoms with Crippen molar-refractivity contribution >= 4 is 35.2 Å². The minimum atomic E-state index is -0.645. The summed E-state index contributed by atoms with van der Waals surface area (Å²) in [5.74, 6) is -0.550. The van der Waals surface area contributed by atoms with Crippen LogP contribution in [0.4, 0.5) is 5.69 Å². The predicted molar refractivity (Wildman–Crippen MR) is 91.7 cm³/mol. The van der Waals surface area contributed by atoms with E-state index in [0.29, 0.717) is 16.1 Å². The molecule has 0 amide bonds. The van der Waals surface area contributed by atoms with Crippen molar-refractivity contribution in [1.82, 2.24) is 0 Å². The monoisotopic (exact) mass is 358 g/mol. The van der Waals surface area contributed by atoms with Crippen LogP contribution in [0.5, 0.6) is 5.75 Å². The number of aliphatic imine (C=N–C) groups is 1. The Kier molecular flexibility index (Phi) is 4.49. The van der Waals surface area contributed by atoms with E-state index in [0.717, 1.165) is 0 Å². The number of rotatable bonds is 4. The number of hydrogen-bond donors (Lipinski definition) is 0. The van der Waals surface area contributed by atoms with Gasteiger partial charge in [-0.05, 0) is 35.9 Å². The molecular formula is C17H11ClN2O5. The molecule has 8 heteroatoms. The molecule has 0 spiro atoms. The number of carbonyl (C=O) groups excluding carboxylic acids is 1. The molecule has 0 atom stereocenters. The Bertz CT molecular complexity index is 936. The molecule has 0 radical (unpaired) electrons. The number of nitro benzene ring substituents is 1. The van der Waals surface area contributed by atoms with Crippen LogP contribution >= 0.6 is 11.6 Å². The minimum absolute atomic E-state index is 0.0102. The number of ether oxygens (including phenoxy) is 2. The lowest BCUT2D eigenvalue weighted by molar-refractivity contribution is -0.385. The van der Waals surface area contributed by atoms with Gasteiger partial charge in [0.2, 0.25) is 5.90 Å².